The molecule has 2 rings (SSSR count). The number of nitrogens with two attached hydrogens (primary N) is 2. The Labute approximate surface area is 114 Å². The van der Waals surface area contributed by atoms with E-state index in [0.29, 0.717) is 37.8 Å². The Kier molecular flexibility index (Phi) is 4.54. The lowest BCUT2D eigenvalue weighted by Gasteiger charge is -2.11. The van der Waals surface area contributed by atoms with Gasteiger partial charge in [0.15, 0.2) is 15.5 Å². The molecule has 5 N–H and O–H groups in total. The SMILES string of the molecule is NCCOc1cc2[nH]c(=S)sc2cc1OCCN. The van der Waals surface area contributed by atoms with Gasteiger partial charge in [0.2, 0.25) is 0 Å². The predicted molar refractivity (Wildman–Crippen MR) is 76.1 cm³/mol. The number of hydrogen-bond acceptors (Lipinski definition) is 6. The lowest BCUT2D eigenvalue weighted by Crippen LogP contribution is -2.13. The highest BCUT2D eigenvalue weighted by atomic mass is 32.1. The quantitative estimate of drug-likeness (QED) is 0.702. The van der Waals surface area contributed by atoms with E-state index in [0.717, 1.165) is 14.2 Å². The third-order valence-corrected chi connectivity index (χ3v) is 3.43. The molecule has 18 heavy (non-hydrogen) atoms. The molecular formula is C11H15N3O2S2. The van der Waals surface area contributed by atoms with E-state index in [4.69, 9.17) is 33.2 Å². The Morgan fingerprint density at radius 1 is 1.11 bits per heavy atom. The van der Waals surface area contributed by atoms with Crippen molar-refractivity contribution in [1.29, 1.82) is 0 Å². The van der Waals surface area contributed by atoms with Crippen molar-refractivity contribution >= 4 is 33.8 Å². The maximum absolute atomic E-state index is 5.57. The van der Waals surface area contributed by atoms with E-state index in [1.54, 1.807) is 0 Å². The van der Waals surface area contributed by atoms with Crippen LogP contribution in [0, 0.1) is 3.95 Å². The first-order valence-electron chi connectivity index (χ1n) is 5.57. The van der Waals surface area contributed by atoms with E-state index in [1.165, 1.54) is 11.3 Å². The molecule has 0 unspecified atom stereocenters. The van der Waals surface area contributed by atoms with Crippen LogP contribution in [0.25, 0.3) is 10.2 Å². The van der Waals surface area contributed by atoms with Gasteiger partial charge >= 0.3 is 0 Å². The van der Waals surface area contributed by atoms with Gasteiger partial charge in [0.1, 0.15) is 13.2 Å². The molecule has 5 nitrogen and oxygen atoms in total. The van der Waals surface area contributed by atoms with Gasteiger partial charge in [-0.3, -0.25) is 0 Å². The predicted octanol–water partition coefficient (Wildman–Crippen LogP) is 1.63. The number of aromatic amines is 1. The smallest absolute Gasteiger partial charge is 0.163 e. The maximum Gasteiger partial charge on any atom is 0.163 e. The highest BCUT2D eigenvalue weighted by molar-refractivity contribution is 7.73. The fourth-order valence-electron chi connectivity index (χ4n) is 1.52. The number of hydrogen-bond donors (Lipinski definition) is 3. The minimum atomic E-state index is 0.440. The summed E-state index contributed by atoms with van der Waals surface area (Å²) in [6.45, 7) is 1.79. The van der Waals surface area contributed by atoms with Gasteiger partial charge in [0.25, 0.3) is 0 Å². The molecule has 2 aromatic rings. The van der Waals surface area contributed by atoms with Crippen molar-refractivity contribution in [2.75, 3.05) is 26.3 Å². The molecule has 0 saturated carbocycles. The van der Waals surface area contributed by atoms with E-state index >= 15 is 0 Å². The van der Waals surface area contributed by atoms with Gasteiger partial charge < -0.3 is 25.9 Å². The third-order valence-electron chi connectivity index (χ3n) is 2.24. The van der Waals surface area contributed by atoms with Gasteiger partial charge in [-0.25, -0.2) is 0 Å². The second-order valence-electron chi connectivity index (χ2n) is 3.58. The summed E-state index contributed by atoms with van der Waals surface area (Å²) in [4.78, 5) is 3.10. The Hall–Kier alpha value is -1.15. The first-order chi connectivity index (χ1) is 8.74. The van der Waals surface area contributed by atoms with Crippen LogP contribution >= 0.6 is 23.6 Å². The number of rotatable bonds is 6. The molecule has 0 radical (unpaired) electrons. The number of ether oxygens (including phenoxy) is 2. The topological polar surface area (TPSA) is 86.3 Å². The highest BCUT2D eigenvalue weighted by Gasteiger charge is 2.09. The molecule has 98 valence electrons. The summed E-state index contributed by atoms with van der Waals surface area (Å²) in [5, 5.41) is 0. The van der Waals surface area contributed by atoms with Crippen LogP contribution in [0.2, 0.25) is 0 Å². The van der Waals surface area contributed by atoms with Crippen molar-refractivity contribution in [3.63, 3.8) is 0 Å². The summed E-state index contributed by atoms with van der Waals surface area (Å²) >= 11 is 6.62. The summed E-state index contributed by atoms with van der Waals surface area (Å²) in [5.41, 5.74) is 11.8. The summed E-state index contributed by atoms with van der Waals surface area (Å²) in [5.74, 6) is 1.33. The van der Waals surface area contributed by atoms with Crippen molar-refractivity contribution < 1.29 is 9.47 Å². The molecule has 0 aliphatic rings. The molecule has 0 fully saturated rings. The largest absolute Gasteiger partial charge is 0.488 e. The van der Waals surface area contributed by atoms with E-state index < -0.39 is 0 Å². The lowest BCUT2D eigenvalue weighted by atomic mass is 10.3. The van der Waals surface area contributed by atoms with Gasteiger partial charge in [-0.2, -0.15) is 0 Å². The normalized spacial score (nSPS) is 10.8. The Bertz CT molecular complexity index is 531. The van der Waals surface area contributed by atoms with Gasteiger partial charge in [-0.05, 0) is 12.2 Å². The number of benzene rings is 1. The number of fused-ring (bicyclic) bond motifs is 1. The van der Waals surface area contributed by atoms with Crippen molar-refractivity contribution in [2.24, 2.45) is 11.5 Å². The van der Waals surface area contributed by atoms with Crippen LogP contribution in [0.4, 0.5) is 0 Å². The average Bonchev–Trinajstić information content (AvgIpc) is 2.72. The van der Waals surface area contributed by atoms with E-state index in [-0.39, 0.29) is 0 Å². The minimum Gasteiger partial charge on any atom is -0.488 e. The highest BCUT2D eigenvalue weighted by Crippen LogP contribution is 2.34. The fourth-order valence-corrected chi connectivity index (χ4v) is 2.65. The van der Waals surface area contributed by atoms with Gasteiger partial charge in [-0.15, -0.1) is 11.3 Å². The molecule has 0 aliphatic heterocycles. The molecule has 0 spiro atoms. The van der Waals surface area contributed by atoms with Crippen LogP contribution in [0.1, 0.15) is 0 Å². The van der Waals surface area contributed by atoms with Crippen LogP contribution in [0.5, 0.6) is 11.5 Å². The molecular weight excluding hydrogens is 270 g/mol. The zero-order chi connectivity index (χ0) is 13.0. The van der Waals surface area contributed by atoms with Gasteiger partial charge in [0.05, 0.1) is 10.2 Å². The molecule has 1 aromatic carbocycles. The standard InChI is InChI=1S/C11H15N3O2S2/c12-1-3-15-8-5-7-10(18-11(17)14-7)6-9(8)16-4-2-13/h5-6H,1-4,12-13H2,(H,14,17). The Morgan fingerprint density at radius 3 is 2.33 bits per heavy atom. The molecule has 0 atom stereocenters. The van der Waals surface area contributed by atoms with Crippen LogP contribution in [0.3, 0.4) is 0 Å². The van der Waals surface area contributed by atoms with Crippen LogP contribution < -0.4 is 20.9 Å². The van der Waals surface area contributed by atoms with Crippen LogP contribution in [0.15, 0.2) is 12.1 Å². The zero-order valence-electron chi connectivity index (χ0n) is 9.77. The number of aromatic nitrogens is 1. The van der Waals surface area contributed by atoms with E-state index in [9.17, 15) is 0 Å². The van der Waals surface area contributed by atoms with Crippen molar-refractivity contribution in [1.82, 2.24) is 4.98 Å². The summed E-state index contributed by atoms with van der Waals surface area (Å²) < 4.78 is 12.9. The molecule has 7 heteroatoms. The molecule has 0 bridgehead atoms. The summed E-state index contributed by atoms with van der Waals surface area (Å²) in [6.07, 6.45) is 0. The average molecular weight is 285 g/mol. The van der Waals surface area contributed by atoms with Gasteiger partial charge in [-0.1, -0.05) is 0 Å². The zero-order valence-corrected chi connectivity index (χ0v) is 11.4. The first-order valence-corrected chi connectivity index (χ1v) is 6.79. The molecule has 1 heterocycles. The fraction of sp³-hybridized carbons (Fsp3) is 0.364. The second kappa shape index (κ2) is 6.14. The molecule has 0 amide bonds. The molecule has 0 saturated heterocycles. The number of thiazole rings is 1. The maximum atomic E-state index is 5.57. The summed E-state index contributed by atoms with van der Waals surface area (Å²) in [7, 11) is 0. The Balaban J connectivity index is 2.38. The van der Waals surface area contributed by atoms with Crippen LogP contribution in [-0.4, -0.2) is 31.3 Å². The molecule has 0 aliphatic carbocycles. The van der Waals surface area contributed by atoms with Crippen molar-refractivity contribution in [3.8, 4) is 11.5 Å². The summed E-state index contributed by atoms with van der Waals surface area (Å²) in [6, 6.07) is 3.79. The molecule has 1 aromatic heterocycles. The first kappa shape index (κ1) is 13.3. The van der Waals surface area contributed by atoms with E-state index in [2.05, 4.69) is 4.98 Å². The Morgan fingerprint density at radius 2 is 1.72 bits per heavy atom. The minimum absolute atomic E-state index is 0.440. The van der Waals surface area contributed by atoms with Crippen LogP contribution in [-0.2, 0) is 0 Å². The lowest BCUT2D eigenvalue weighted by molar-refractivity contribution is 0.278. The monoisotopic (exact) mass is 285 g/mol. The number of nitrogens with one attached hydrogen (secondary N) is 1. The van der Waals surface area contributed by atoms with Crippen molar-refractivity contribution in [2.45, 2.75) is 0 Å². The van der Waals surface area contributed by atoms with Crippen molar-refractivity contribution in [3.05, 3.63) is 16.1 Å². The van der Waals surface area contributed by atoms with E-state index in [1.807, 2.05) is 12.1 Å². The third kappa shape index (κ3) is 2.99. The second-order valence-corrected chi connectivity index (χ2v) is 5.30. The van der Waals surface area contributed by atoms with Gasteiger partial charge in [0, 0.05) is 25.2 Å². The number of H-pyrrole nitrogens is 1.